The van der Waals surface area contributed by atoms with Crippen LogP contribution in [-0.4, -0.2) is 271 Å². The first-order chi connectivity index (χ1) is 34.6. The number of hydrogen-bond acceptors (Lipinski definition) is 23. The fourth-order valence-corrected chi connectivity index (χ4v) is 10.3. The van der Waals surface area contributed by atoms with Gasteiger partial charge in [-0.3, -0.25) is 27.7 Å². The molecular weight excluding hydrogens is 1200 g/mol. The van der Waals surface area contributed by atoms with Crippen LogP contribution in [0.2, 0.25) is 0 Å². The number of rotatable bonds is 14. The Morgan fingerprint density at radius 1 is 0.582 bits per heavy atom. The van der Waals surface area contributed by atoms with E-state index >= 15 is 0 Å². The SMILES string of the molecule is COc1ccc(N=Nc2c(S(=O)(=O)O)cc3cc(Nc4nc(N5CCOCC5)[nH]c(=Nc5cc(S(=O)(=O)O)cc6cc(S(=O)(=O)O)c(N=Nc7ccccc7S(=O)(=O)O)c(O)c56)n4)ccc3c2O)c(S(=O)(=O)O)c1.[Na].[Na].[Na].[Na].[Na]. The number of aromatic amines is 1. The van der Waals surface area contributed by atoms with E-state index < -0.39 is 131 Å². The van der Waals surface area contributed by atoms with Crippen LogP contribution in [0, 0.1) is 0 Å². The molecule has 5 radical (unpaired) electrons. The van der Waals surface area contributed by atoms with Crippen LogP contribution < -0.4 is 20.6 Å². The van der Waals surface area contributed by atoms with E-state index in [1.54, 1.807) is 4.90 Å². The number of morpholine rings is 1. The number of fused-ring (bicyclic) bond motifs is 2. The molecule has 1 aliphatic heterocycles. The number of nitrogens with zero attached hydrogens (tertiary/aromatic N) is 8. The number of azo groups is 2. The van der Waals surface area contributed by atoms with Crippen molar-refractivity contribution in [2.75, 3.05) is 43.6 Å². The molecule has 0 aliphatic carbocycles. The van der Waals surface area contributed by atoms with Crippen molar-refractivity contribution in [3.05, 3.63) is 90.5 Å². The molecule has 0 bridgehead atoms. The minimum absolute atomic E-state index is 0. The Morgan fingerprint density at radius 3 is 1.71 bits per heavy atom. The fourth-order valence-electron chi connectivity index (χ4n) is 7.23. The average molecular weight is 1230 g/mol. The molecule has 0 spiro atoms. The third-order valence-electron chi connectivity index (χ3n) is 10.6. The minimum Gasteiger partial charge on any atom is -0.505 e. The molecule has 2 heterocycles. The molecule has 79 heavy (non-hydrogen) atoms. The van der Waals surface area contributed by atoms with Gasteiger partial charge in [0.05, 0.1) is 36.3 Å². The van der Waals surface area contributed by atoms with Crippen molar-refractivity contribution in [2.24, 2.45) is 25.4 Å². The van der Waals surface area contributed by atoms with Crippen LogP contribution in [0.25, 0.3) is 21.5 Å². The van der Waals surface area contributed by atoms with E-state index in [-0.39, 0.29) is 208 Å². The molecular formula is C40H34N10Na5O19S5. The molecule has 29 nitrogen and oxygen atoms in total. The van der Waals surface area contributed by atoms with Crippen molar-refractivity contribution in [1.82, 2.24) is 15.0 Å². The molecule has 0 saturated carbocycles. The van der Waals surface area contributed by atoms with Crippen molar-refractivity contribution in [3.8, 4) is 17.2 Å². The van der Waals surface area contributed by atoms with Crippen molar-refractivity contribution in [2.45, 2.75) is 24.5 Å². The minimum atomic E-state index is -5.38. The van der Waals surface area contributed by atoms with Gasteiger partial charge in [0.2, 0.25) is 17.5 Å². The van der Waals surface area contributed by atoms with E-state index in [0.29, 0.717) is 6.07 Å². The zero-order valence-electron chi connectivity index (χ0n) is 42.1. The molecule has 0 atom stereocenters. The van der Waals surface area contributed by atoms with E-state index in [1.807, 2.05) is 0 Å². The van der Waals surface area contributed by atoms with Crippen LogP contribution in [0.3, 0.4) is 0 Å². The van der Waals surface area contributed by atoms with Crippen LogP contribution in [0.15, 0.2) is 135 Å². The van der Waals surface area contributed by atoms with Crippen LogP contribution in [-0.2, 0) is 55.3 Å². The largest absolute Gasteiger partial charge is 0.505 e. The van der Waals surface area contributed by atoms with Gasteiger partial charge in [-0.15, -0.1) is 20.5 Å². The van der Waals surface area contributed by atoms with Gasteiger partial charge in [0.25, 0.3) is 50.6 Å². The van der Waals surface area contributed by atoms with Crippen LogP contribution >= 0.6 is 0 Å². The van der Waals surface area contributed by atoms with Crippen molar-refractivity contribution in [3.63, 3.8) is 0 Å². The first-order valence-electron chi connectivity index (χ1n) is 20.3. The van der Waals surface area contributed by atoms with Gasteiger partial charge in [-0.2, -0.15) is 52.1 Å². The molecule has 7 aromatic rings. The third kappa shape index (κ3) is 16.6. The quantitative estimate of drug-likeness (QED) is 0.0427. The molecule has 1 saturated heterocycles. The summed E-state index contributed by atoms with van der Waals surface area (Å²) in [5, 5.41) is 39.6. The molecule has 0 amide bonds. The Bertz CT molecular complexity index is 4240. The topological polar surface area (TPSA) is 449 Å². The number of ether oxygens (including phenoxy) is 2. The second kappa shape index (κ2) is 27.8. The van der Waals surface area contributed by atoms with Gasteiger partial charge in [-0.25, -0.2) is 4.99 Å². The molecule has 1 aromatic heterocycles. The predicted molar refractivity (Wildman–Crippen MR) is 285 cm³/mol. The maximum Gasteiger partial charge on any atom is 0.296 e. The van der Waals surface area contributed by atoms with Gasteiger partial charge >= 0.3 is 0 Å². The summed E-state index contributed by atoms with van der Waals surface area (Å²) in [7, 11) is -24.4. The van der Waals surface area contributed by atoms with E-state index in [2.05, 4.69) is 45.7 Å². The zero-order valence-corrected chi connectivity index (χ0v) is 56.1. The van der Waals surface area contributed by atoms with Gasteiger partial charge in [0, 0.05) is 178 Å². The van der Waals surface area contributed by atoms with Crippen molar-refractivity contribution < 1.29 is 84.5 Å². The first-order valence-corrected chi connectivity index (χ1v) is 27.5. The maximum atomic E-state index is 12.7. The number of H-pyrrole nitrogens is 1. The van der Waals surface area contributed by atoms with E-state index in [4.69, 9.17) is 9.47 Å². The number of methoxy groups -OCH3 is 1. The summed E-state index contributed by atoms with van der Waals surface area (Å²) in [5.74, 6) is -2.24. The van der Waals surface area contributed by atoms with Crippen LogP contribution in [0.1, 0.15) is 0 Å². The van der Waals surface area contributed by atoms with Crippen LogP contribution in [0.4, 0.5) is 46.0 Å². The van der Waals surface area contributed by atoms with Gasteiger partial charge in [0.15, 0.2) is 11.5 Å². The summed E-state index contributed by atoms with van der Waals surface area (Å²) in [6.45, 7) is 0.922. The van der Waals surface area contributed by atoms with Gasteiger partial charge < -0.3 is 29.9 Å². The Labute approximate surface area is 559 Å². The molecule has 1 aliphatic rings. The number of nitrogens with one attached hydrogen (secondary N) is 2. The second-order valence-electron chi connectivity index (χ2n) is 15.4. The Balaban J connectivity index is 0.00000328. The van der Waals surface area contributed by atoms with Crippen LogP contribution in [0.5, 0.6) is 17.2 Å². The van der Waals surface area contributed by atoms with Gasteiger partial charge in [-0.05, 0) is 77.5 Å². The molecule has 6 aromatic carbocycles. The Hall–Kier alpha value is -2.64. The van der Waals surface area contributed by atoms with Gasteiger partial charge in [0.1, 0.15) is 48.1 Å². The summed E-state index contributed by atoms with van der Waals surface area (Å²) >= 11 is 0. The monoisotopic (exact) mass is 1230 g/mol. The number of aromatic hydroxyl groups is 2. The maximum absolute atomic E-state index is 12.7. The number of phenolic OH excluding ortho intramolecular Hbond substituents is 2. The number of benzene rings is 6. The summed E-state index contributed by atoms with van der Waals surface area (Å²) in [4.78, 5) is 13.1. The van der Waals surface area contributed by atoms with E-state index in [0.717, 1.165) is 42.5 Å². The smallest absolute Gasteiger partial charge is 0.296 e. The number of hydrogen-bond donors (Lipinski definition) is 9. The van der Waals surface area contributed by atoms with E-state index in [9.17, 15) is 75.1 Å². The van der Waals surface area contributed by atoms with Crippen molar-refractivity contribution in [1.29, 1.82) is 0 Å². The molecule has 0 unspecified atom stereocenters. The molecule has 1 fully saturated rings. The predicted octanol–water partition coefficient (Wildman–Crippen LogP) is 3.50. The Kier molecular flexibility index (Phi) is 24.9. The number of aromatic nitrogens is 3. The summed E-state index contributed by atoms with van der Waals surface area (Å²) in [6, 6.07) is 14.6. The Morgan fingerprint density at radius 2 is 1.14 bits per heavy atom. The van der Waals surface area contributed by atoms with E-state index in [1.165, 1.54) is 43.5 Å². The summed E-state index contributed by atoms with van der Waals surface area (Å²) in [5.41, 5.74) is -3.83. The molecule has 9 N–H and O–H groups in total. The summed E-state index contributed by atoms with van der Waals surface area (Å²) < 4.78 is 185. The zero-order chi connectivity index (χ0) is 53.7. The molecule has 8 rings (SSSR count). The fraction of sp³-hybridized carbons (Fsp3) is 0.125. The molecule has 393 valence electrons. The molecule has 39 heteroatoms. The number of anilines is 3. The average Bonchev–Trinajstić information content (AvgIpc) is 3.32. The van der Waals surface area contributed by atoms with Crippen molar-refractivity contribution >= 4 is 266 Å². The third-order valence-corrected chi connectivity index (χ3v) is 14.9. The normalized spacial score (nSPS) is 13.5. The standard InChI is InChI=1S/C40H34N10O19S5.5Na/c1-68-23-7-9-27(30(18-23)72(59,60)61)47-48-34-31(73(62,63)64)16-20-14-22(6-8-25(20)36(34)51)41-38-43-39(45-40(44-38)50-10-12-69-13-11-50)42-28-19-24(70(53,54)55)15-21-17-32(74(65,66)67)35(37(52)33(21)28)49-46-26-4-2-3-5-29(26)71(56,57)58;;;;;/h2-9,14-19,51-52H,10-13H2,1H3,(H,53,54,55)(H,56,57,58)(H,59,60,61)(H,62,63,64)(H,65,66,67)(H2,41,42,43,44,45);;;;;. The number of phenols is 2. The first kappa shape index (κ1) is 70.6. The van der Waals surface area contributed by atoms with Gasteiger partial charge in [-0.1, -0.05) is 12.1 Å². The second-order valence-corrected chi connectivity index (χ2v) is 22.3. The summed E-state index contributed by atoms with van der Waals surface area (Å²) in [6.07, 6.45) is 0.